The van der Waals surface area contributed by atoms with Gasteiger partial charge in [-0.05, 0) is 35.1 Å². The van der Waals surface area contributed by atoms with Crippen molar-refractivity contribution in [1.82, 2.24) is 0 Å². The van der Waals surface area contributed by atoms with E-state index in [1.54, 1.807) is 0 Å². The molecule has 0 saturated carbocycles. The van der Waals surface area contributed by atoms with Gasteiger partial charge in [-0.3, -0.25) is 0 Å². The van der Waals surface area contributed by atoms with Crippen LogP contribution in [0.5, 0.6) is 0 Å². The Labute approximate surface area is 155 Å². The zero-order valence-electron chi connectivity index (χ0n) is 13.5. The van der Waals surface area contributed by atoms with E-state index in [0.717, 1.165) is 12.8 Å². The summed E-state index contributed by atoms with van der Waals surface area (Å²) in [6, 6.07) is 29.7. The van der Waals surface area contributed by atoms with Gasteiger partial charge in [-0.1, -0.05) is 84.9 Å². The molecule has 3 aromatic rings. The number of benzene rings is 3. The van der Waals surface area contributed by atoms with Crippen molar-refractivity contribution in [3.63, 3.8) is 0 Å². The first-order chi connectivity index (χ1) is 11.7. The summed E-state index contributed by atoms with van der Waals surface area (Å²) >= 11 is 9.55. The highest BCUT2D eigenvalue weighted by Crippen LogP contribution is 2.27. The third-order valence-electron chi connectivity index (χ3n) is 4.22. The van der Waals surface area contributed by atoms with E-state index in [1.807, 2.05) is 12.1 Å². The lowest BCUT2D eigenvalue weighted by atomic mass is 9.99. The van der Waals surface area contributed by atoms with E-state index in [4.69, 9.17) is 25.3 Å². The van der Waals surface area contributed by atoms with Crippen LogP contribution in [0.15, 0.2) is 84.9 Å². The molecule has 0 nitrogen and oxygen atoms in total. The van der Waals surface area contributed by atoms with Crippen LogP contribution in [0.3, 0.4) is 0 Å². The normalized spacial score (nSPS) is 13.4. The van der Waals surface area contributed by atoms with Gasteiger partial charge in [0.25, 0.3) is 0 Å². The number of hydrogen-bond acceptors (Lipinski definition) is 2. The fourth-order valence-electron chi connectivity index (χ4n) is 2.92. The number of rotatable bonds is 6. The van der Waals surface area contributed by atoms with E-state index >= 15 is 0 Å². The van der Waals surface area contributed by atoms with Gasteiger partial charge in [-0.25, -0.2) is 0 Å². The fraction of sp³-hybridized carbons (Fsp3) is 0.182. The van der Waals surface area contributed by atoms with Crippen LogP contribution in [0.4, 0.5) is 0 Å². The predicted octanol–water partition coefficient (Wildman–Crippen LogP) is 6.11. The molecular weight excluding hydrogens is 328 g/mol. The molecule has 0 aliphatic rings. The maximum absolute atomic E-state index is 4.78. The van der Waals surface area contributed by atoms with E-state index in [1.165, 1.54) is 22.3 Å². The van der Waals surface area contributed by atoms with Gasteiger partial charge < -0.3 is 0 Å². The molecule has 3 aromatic carbocycles. The van der Waals surface area contributed by atoms with Gasteiger partial charge in [0, 0.05) is 10.5 Å². The molecule has 0 aliphatic carbocycles. The zero-order chi connectivity index (χ0) is 16.8. The SMILES string of the molecule is SC(Cc1cccc(CC(S)c2ccccc2)c1)c1ccccc1. The first-order valence-corrected chi connectivity index (χ1v) is 9.29. The first kappa shape index (κ1) is 17.2. The van der Waals surface area contributed by atoms with Gasteiger partial charge in [-0.15, -0.1) is 0 Å². The van der Waals surface area contributed by atoms with Crippen molar-refractivity contribution in [2.24, 2.45) is 0 Å². The molecule has 0 spiro atoms. The second-order valence-electron chi connectivity index (χ2n) is 6.08. The third-order valence-corrected chi connectivity index (χ3v) is 5.18. The average molecular weight is 351 g/mol. The molecular formula is C22H22S2. The molecule has 122 valence electrons. The molecule has 0 amide bonds. The average Bonchev–Trinajstić information content (AvgIpc) is 2.63. The fourth-order valence-corrected chi connectivity index (χ4v) is 3.68. The molecule has 0 aromatic heterocycles. The van der Waals surface area contributed by atoms with Gasteiger partial charge in [0.05, 0.1) is 0 Å². The first-order valence-electron chi connectivity index (χ1n) is 8.26. The highest BCUT2D eigenvalue weighted by Gasteiger charge is 2.10. The molecule has 24 heavy (non-hydrogen) atoms. The topological polar surface area (TPSA) is 0 Å². The third kappa shape index (κ3) is 4.68. The van der Waals surface area contributed by atoms with Crippen LogP contribution in [-0.4, -0.2) is 0 Å². The summed E-state index contributed by atoms with van der Waals surface area (Å²) in [6.07, 6.45) is 1.87. The molecule has 0 radical (unpaired) electrons. The standard InChI is InChI=1S/C22H22S2/c23-21(19-10-3-1-4-11-19)15-17-8-7-9-18(14-17)16-22(24)20-12-5-2-6-13-20/h1-14,21-24H,15-16H2. The smallest absolute Gasteiger partial charge is 0.0307 e. The molecule has 0 fully saturated rings. The lowest BCUT2D eigenvalue weighted by molar-refractivity contribution is 0.912. The quantitative estimate of drug-likeness (QED) is 0.492. The summed E-state index contributed by atoms with van der Waals surface area (Å²) in [7, 11) is 0. The Morgan fingerprint density at radius 2 is 0.958 bits per heavy atom. The Balaban J connectivity index is 1.68. The Bertz CT molecular complexity index is 690. The van der Waals surface area contributed by atoms with Gasteiger partial charge in [0.2, 0.25) is 0 Å². The Kier molecular flexibility index (Phi) is 6.06. The van der Waals surface area contributed by atoms with E-state index < -0.39 is 0 Å². The minimum Gasteiger partial charge on any atom is -0.171 e. The Hall–Kier alpha value is -1.64. The molecule has 3 rings (SSSR count). The monoisotopic (exact) mass is 350 g/mol. The van der Waals surface area contributed by atoms with Crippen LogP contribution in [0.2, 0.25) is 0 Å². The van der Waals surface area contributed by atoms with Crippen LogP contribution < -0.4 is 0 Å². The van der Waals surface area contributed by atoms with Gasteiger partial charge in [0.15, 0.2) is 0 Å². The minimum atomic E-state index is 0.224. The Morgan fingerprint density at radius 3 is 1.38 bits per heavy atom. The van der Waals surface area contributed by atoms with Gasteiger partial charge in [0.1, 0.15) is 0 Å². The van der Waals surface area contributed by atoms with Crippen molar-refractivity contribution >= 4 is 25.3 Å². The molecule has 0 bridgehead atoms. The van der Waals surface area contributed by atoms with Crippen LogP contribution in [0.25, 0.3) is 0 Å². The van der Waals surface area contributed by atoms with Crippen molar-refractivity contribution in [3.8, 4) is 0 Å². The largest absolute Gasteiger partial charge is 0.171 e. The number of thiol groups is 2. The summed E-state index contributed by atoms with van der Waals surface area (Å²) in [5, 5.41) is 0.449. The van der Waals surface area contributed by atoms with Gasteiger partial charge >= 0.3 is 0 Å². The molecule has 0 saturated heterocycles. The maximum Gasteiger partial charge on any atom is 0.0307 e. The van der Waals surface area contributed by atoms with Crippen molar-refractivity contribution in [2.75, 3.05) is 0 Å². The van der Waals surface area contributed by atoms with E-state index in [-0.39, 0.29) is 10.5 Å². The van der Waals surface area contributed by atoms with E-state index in [9.17, 15) is 0 Å². The second kappa shape index (κ2) is 8.46. The number of hydrogen-bond donors (Lipinski definition) is 2. The summed E-state index contributed by atoms with van der Waals surface area (Å²) in [5.41, 5.74) is 5.18. The van der Waals surface area contributed by atoms with Crippen LogP contribution in [0.1, 0.15) is 32.8 Å². The molecule has 0 aliphatic heterocycles. The maximum atomic E-state index is 4.78. The summed E-state index contributed by atoms with van der Waals surface area (Å²) < 4.78 is 0. The zero-order valence-corrected chi connectivity index (χ0v) is 15.3. The van der Waals surface area contributed by atoms with Crippen molar-refractivity contribution in [1.29, 1.82) is 0 Å². The van der Waals surface area contributed by atoms with Crippen molar-refractivity contribution in [2.45, 2.75) is 23.3 Å². The lowest BCUT2D eigenvalue weighted by Crippen LogP contribution is -1.99. The summed E-state index contributed by atoms with van der Waals surface area (Å²) in [4.78, 5) is 0. The molecule has 0 N–H and O–H groups in total. The molecule has 2 heteroatoms. The summed E-state index contributed by atoms with van der Waals surface area (Å²) in [5.74, 6) is 0. The van der Waals surface area contributed by atoms with Crippen LogP contribution >= 0.6 is 25.3 Å². The van der Waals surface area contributed by atoms with Crippen LogP contribution in [0, 0.1) is 0 Å². The minimum absolute atomic E-state index is 0.224. The van der Waals surface area contributed by atoms with Crippen molar-refractivity contribution in [3.05, 3.63) is 107 Å². The molecule has 2 atom stereocenters. The highest BCUT2D eigenvalue weighted by molar-refractivity contribution is 7.80. The highest BCUT2D eigenvalue weighted by atomic mass is 32.1. The van der Waals surface area contributed by atoms with E-state index in [0.29, 0.717) is 0 Å². The van der Waals surface area contributed by atoms with E-state index in [2.05, 4.69) is 72.8 Å². The second-order valence-corrected chi connectivity index (χ2v) is 7.33. The lowest BCUT2D eigenvalue weighted by Gasteiger charge is -2.14. The van der Waals surface area contributed by atoms with Crippen molar-refractivity contribution < 1.29 is 0 Å². The van der Waals surface area contributed by atoms with Crippen LogP contribution in [-0.2, 0) is 12.8 Å². The summed E-state index contributed by atoms with van der Waals surface area (Å²) in [6.45, 7) is 0. The van der Waals surface area contributed by atoms with Gasteiger partial charge in [-0.2, -0.15) is 25.3 Å². The Morgan fingerprint density at radius 1 is 0.542 bits per heavy atom. The molecule has 0 heterocycles. The predicted molar refractivity (Wildman–Crippen MR) is 110 cm³/mol. The molecule has 2 unspecified atom stereocenters.